The van der Waals surface area contributed by atoms with Crippen molar-refractivity contribution in [2.75, 3.05) is 0 Å². The van der Waals surface area contributed by atoms with E-state index in [0.717, 1.165) is 12.8 Å². The van der Waals surface area contributed by atoms with Gasteiger partial charge in [-0.15, -0.1) is 11.3 Å². The fourth-order valence-corrected chi connectivity index (χ4v) is 3.58. The molecule has 1 heterocycles. The number of hydrogen-bond donors (Lipinski definition) is 1. The molecule has 0 aromatic carbocycles. The third kappa shape index (κ3) is 1.17. The van der Waals surface area contributed by atoms with Crippen LogP contribution in [0.4, 0.5) is 0 Å². The van der Waals surface area contributed by atoms with Crippen molar-refractivity contribution in [3.8, 4) is 0 Å². The molecule has 1 atom stereocenters. The van der Waals surface area contributed by atoms with Crippen molar-refractivity contribution in [3.63, 3.8) is 0 Å². The topological polar surface area (TPSA) is 20.2 Å². The lowest BCUT2D eigenvalue weighted by molar-refractivity contribution is -0.0420. The van der Waals surface area contributed by atoms with E-state index in [1.807, 2.05) is 18.3 Å². The van der Waals surface area contributed by atoms with Crippen LogP contribution in [-0.2, 0) is 18.4 Å². The third-order valence-corrected chi connectivity index (χ3v) is 4.93. The van der Waals surface area contributed by atoms with Crippen molar-refractivity contribution in [2.24, 2.45) is 5.41 Å². The predicted molar refractivity (Wildman–Crippen MR) is 60.8 cm³/mol. The van der Waals surface area contributed by atoms with Crippen molar-refractivity contribution >= 4 is 11.3 Å². The van der Waals surface area contributed by atoms with Gasteiger partial charge in [-0.2, -0.15) is 0 Å². The first-order valence-corrected chi connectivity index (χ1v) is 6.04. The number of rotatable bonds is 1. The number of aryl methyl sites for hydroxylation is 1. The van der Waals surface area contributed by atoms with Crippen LogP contribution < -0.4 is 0 Å². The molecule has 1 nitrogen and oxygen atoms in total. The van der Waals surface area contributed by atoms with Gasteiger partial charge in [0.1, 0.15) is 0 Å². The summed E-state index contributed by atoms with van der Waals surface area (Å²) in [5.74, 6) is 0. The Hall–Kier alpha value is -0.340. The van der Waals surface area contributed by atoms with E-state index in [0.29, 0.717) is 0 Å². The second kappa shape index (κ2) is 2.83. The molecule has 1 aromatic heterocycles. The van der Waals surface area contributed by atoms with Gasteiger partial charge in [0, 0.05) is 15.2 Å². The van der Waals surface area contributed by atoms with Gasteiger partial charge in [0.05, 0.1) is 5.60 Å². The van der Waals surface area contributed by atoms with E-state index in [1.165, 1.54) is 15.3 Å². The largest absolute Gasteiger partial charge is 0.385 e. The molecule has 2 rings (SSSR count). The standard InChI is InChI=1S/C12H18OS/c1-5-8-6-9-10(14-8)7-11(2,3)12(9,4)13/h6,13H,5,7H2,1-4H3. The SMILES string of the molecule is CCc1cc2c(s1)CC(C)(C)C2(C)O. The molecule has 0 aliphatic heterocycles. The molecule has 1 N–H and O–H groups in total. The number of thiophene rings is 1. The van der Waals surface area contributed by atoms with Gasteiger partial charge in [0.2, 0.25) is 0 Å². The molecule has 0 saturated carbocycles. The lowest BCUT2D eigenvalue weighted by Gasteiger charge is -2.33. The van der Waals surface area contributed by atoms with E-state index in [1.54, 1.807) is 0 Å². The highest BCUT2D eigenvalue weighted by Crippen LogP contribution is 2.52. The summed E-state index contributed by atoms with van der Waals surface area (Å²) in [4.78, 5) is 2.78. The summed E-state index contributed by atoms with van der Waals surface area (Å²) >= 11 is 1.87. The molecule has 0 bridgehead atoms. The summed E-state index contributed by atoms with van der Waals surface area (Å²) in [6.07, 6.45) is 2.09. The molecule has 0 radical (unpaired) electrons. The first-order chi connectivity index (χ1) is 6.38. The first kappa shape index (κ1) is 10.2. The monoisotopic (exact) mass is 210 g/mol. The third-order valence-electron chi connectivity index (χ3n) is 3.65. The summed E-state index contributed by atoms with van der Waals surface area (Å²) < 4.78 is 0. The molecular weight excluding hydrogens is 192 g/mol. The van der Waals surface area contributed by atoms with Crippen LogP contribution in [0.2, 0.25) is 0 Å². The molecule has 0 amide bonds. The Labute approximate surface area is 89.8 Å². The van der Waals surface area contributed by atoms with E-state index in [-0.39, 0.29) is 5.41 Å². The van der Waals surface area contributed by atoms with Crippen LogP contribution in [-0.4, -0.2) is 5.11 Å². The smallest absolute Gasteiger partial charge is 0.0933 e. The Morgan fingerprint density at radius 3 is 2.57 bits per heavy atom. The Bertz CT molecular complexity index is 360. The van der Waals surface area contributed by atoms with Crippen LogP contribution in [0.25, 0.3) is 0 Å². The first-order valence-electron chi connectivity index (χ1n) is 5.23. The average molecular weight is 210 g/mol. The van der Waals surface area contributed by atoms with Crippen molar-refractivity contribution < 1.29 is 5.11 Å². The van der Waals surface area contributed by atoms with Crippen molar-refractivity contribution in [1.29, 1.82) is 0 Å². The molecule has 1 aromatic rings. The van der Waals surface area contributed by atoms with Crippen LogP contribution in [0.3, 0.4) is 0 Å². The fourth-order valence-electron chi connectivity index (χ4n) is 2.14. The van der Waals surface area contributed by atoms with Gasteiger partial charge in [-0.05, 0) is 31.4 Å². The maximum absolute atomic E-state index is 10.5. The van der Waals surface area contributed by atoms with E-state index < -0.39 is 5.60 Å². The van der Waals surface area contributed by atoms with E-state index >= 15 is 0 Å². The molecule has 78 valence electrons. The van der Waals surface area contributed by atoms with E-state index in [9.17, 15) is 5.11 Å². The molecule has 0 fully saturated rings. The van der Waals surface area contributed by atoms with Gasteiger partial charge in [0.25, 0.3) is 0 Å². The van der Waals surface area contributed by atoms with Crippen molar-refractivity contribution in [3.05, 3.63) is 21.4 Å². The quantitative estimate of drug-likeness (QED) is 0.755. The molecule has 14 heavy (non-hydrogen) atoms. The van der Waals surface area contributed by atoms with Crippen LogP contribution >= 0.6 is 11.3 Å². The summed E-state index contributed by atoms with van der Waals surface area (Å²) in [5.41, 5.74) is 0.511. The van der Waals surface area contributed by atoms with E-state index in [2.05, 4.69) is 26.8 Å². The lowest BCUT2D eigenvalue weighted by atomic mass is 9.77. The minimum atomic E-state index is -0.647. The molecule has 0 spiro atoms. The molecule has 1 aliphatic rings. The molecule has 1 unspecified atom stereocenters. The van der Waals surface area contributed by atoms with Crippen molar-refractivity contribution in [2.45, 2.75) is 46.1 Å². The highest BCUT2D eigenvalue weighted by molar-refractivity contribution is 7.12. The zero-order chi connectivity index (χ0) is 10.6. The van der Waals surface area contributed by atoms with Crippen LogP contribution in [0.5, 0.6) is 0 Å². The molecule has 1 aliphatic carbocycles. The lowest BCUT2D eigenvalue weighted by Crippen LogP contribution is -2.35. The Morgan fingerprint density at radius 1 is 1.43 bits per heavy atom. The van der Waals surface area contributed by atoms with Gasteiger partial charge in [-0.25, -0.2) is 0 Å². The van der Waals surface area contributed by atoms with Crippen LogP contribution in [0, 0.1) is 5.41 Å². The van der Waals surface area contributed by atoms with Gasteiger partial charge < -0.3 is 5.11 Å². The minimum absolute atomic E-state index is 0.0135. The second-order valence-electron chi connectivity index (χ2n) is 5.04. The summed E-state index contributed by atoms with van der Waals surface area (Å²) in [6.45, 7) is 8.41. The zero-order valence-electron chi connectivity index (χ0n) is 9.35. The zero-order valence-corrected chi connectivity index (χ0v) is 10.2. The molecular formula is C12H18OS. The number of aliphatic hydroxyl groups is 1. The predicted octanol–water partition coefficient (Wildman–Crippen LogP) is 3.10. The minimum Gasteiger partial charge on any atom is -0.385 e. The van der Waals surface area contributed by atoms with Gasteiger partial charge in [0.15, 0.2) is 0 Å². The second-order valence-corrected chi connectivity index (χ2v) is 6.26. The maximum Gasteiger partial charge on any atom is 0.0933 e. The highest BCUT2D eigenvalue weighted by Gasteiger charge is 2.48. The Kier molecular flexibility index (Phi) is 2.06. The fraction of sp³-hybridized carbons (Fsp3) is 0.667. The highest BCUT2D eigenvalue weighted by atomic mass is 32.1. The van der Waals surface area contributed by atoms with E-state index in [4.69, 9.17) is 0 Å². The summed E-state index contributed by atoms with van der Waals surface area (Å²) in [5, 5.41) is 10.5. The average Bonchev–Trinajstić information content (AvgIpc) is 2.52. The number of hydrogen-bond acceptors (Lipinski definition) is 2. The van der Waals surface area contributed by atoms with Crippen LogP contribution in [0.1, 0.15) is 43.0 Å². The Morgan fingerprint density at radius 2 is 2.07 bits per heavy atom. The van der Waals surface area contributed by atoms with Crippen LogP contribution in [0.15, 0.2) is 6.07 Å². The van der Waals surface area contributed by atoms with Gasteiger partial charge in [-0.3, -0.25) is 0 Å². The van der Waals surface area contributed by atoms with Gasteiger partial charge in [-0.1, -0.05) is 20.8 Å². The normalized spacial score (nSPS) is 29.2. The summed E-state index contributed by atoms with van der Waals surface area (Å²) in [6, 6.07) is 2.19. The summed E-state index contributed by atoms with van der Waals surface area (Å²) in [7, 11) is 0. The van der Waals surface area contributed by atoms with Gasteiger partial charge >= 0.3 is 0 Å². The number of fused-ring (bicyclic) bond motifs is 1. The maximum atomic E-state index is 10.5. The molecule has 2 heteroatoms. The molecule has 0 saturated heterocycles. The Balaban J connectivity index is 2.50. The van der Waals surface area contributed by atoms with Crippen molar-refractivity contribution in [1.82, 2.24) is 0 Å².